The number of hydrogen-bond donors (Lipinski definition) is 2. The van der Waals surface area contributed by atoms with E-state index in [1.54, 1.807) is 13.1 Å². The van der Waals surface area contributed by atoms with Gasteiger partial charge in [0.05, 0.1) is 29.2 Å². The molecule has 0 radical (unpaired) electrons. The van der Waals surface area contributed by atoms with Gasteiger partial charge in [0.25, 0.3) is 0 Å². The summed E-state index contributed by atoms with van der Waals surface area (Å²) in [6.45, 7) is 3.12. The fourth-order valence-electron chi connectivity index (χ4n) is 4.16. The second-order valence-electron chi connectivity index (χ2n) is 7.32. The minimum atomic E-state index is 0.122. The van der Waals surface area contributed by atoms with Crippen LogP contribution < -0.4 is 5.73 Å². The molecule has 0 aliphatic carbocycles. The van der Waals surface area contributed by atoms with E-state index >= 15 is 0 Å². The van der Waals surface area contributed by atoms with Crippen molar-refractivity contribution in [2.45, 2.75) is 32.4 Å². The normalized spacial score (nSPS) is 17.0. The number of anilines is 1. The molecule has 1 saturated heterocycles. The summed E-state index contributed by atoms with van der Waals surface area (Å²) in [5.74, 6) is 0.586. The standard InChI is InChI=1S/C20H21N7O/c1-12(28)27-8-2-3-14(27)10-26-11-16-19(25-26)15-5-4-13(17-6-7-22-24-17)9-18(15)23-20(16)21/h4-7,9,11,14H,2-3,8,10H2,1H3,(H2,21,23)(H,22,24). The zero-order valence-electron chi connectivity index (χ0n) is 15.6. The highest BCUT2D eigenvalue weighted by molar-refractivity contribution is 6.08. The van der Waals surface area contributed by atoms with Crippen LogP contribution in [0.25, 0.3) is 33.1 Å². The van der Waals surface area contributed by atoms with Gasteiger partial charge in [-0.2, -0.15) is 10.2 Å². The van der Waals surface area contributed by atoms with E-state index in [9.17, 15) is 4.79 Å². The molecule has 1 atom stereocenters. The Morgan fingerprint density at radius 2 is 2.21 bits per heavy atom. The van der Waals surface area contributed by atoms with Gasteiger partial charge in [-0.05, 0) is 31.0 Å². The van der Waals surface area contributed by atoms with Crippen molar-refractivity contribution in [3.05, 3.63) is 36.7 Å². The summed E-state index contributed by atoms with van der Waals surface area (Å²) in [6, 6.07) is 8.14. The Morgan fingerprint density at radius 1 is 1.32 bits per heavy atom. The van der Waals surface area contributed by atoms with E-state index in [0.717, 1.165) is 52.4 Å². The number of aromatic nitrogens is 5. The van der Waals surface area contributed by atoms with E-state index in [1.165, 1.54) is 0 Å². The quantitative estimate of drug-likeness (QED) is 0.572. The molecular weight excluding hydrogens is 354 g/mol. The lowest BCUT2D eigenvalue weighted by atomic mass is 10.1. The molecule has 3 aromatic heterocycles. The maximum atomic E-state index is 11.8. The number of nitrogen functional groups attached to an aromatic ring is 1. The van der Waals surface area contributed by atoms with Crippen LogP contribution in [0.5, 0.6) is 0 Å². The summed E-state index contributed by atoms with van der Waals surface area (Å²) in [6.07, 6.45) is 5.70. The molecule has 8 nitrogen and oxygen atoms in total. The number of benzene rings is 1. The van der Waals surface area contributed by atoms with Gasteiger partial charge >= 0.3 is 0 Å². The third-order valence-electron chi connectivity index (χ3n) is 5.52. The number of fused-ring (bicyclic) bond motifs is 3. The van der Waals surface area contributed by atoms with Crippen LogP contribution in [0.2, 0.25) is 0 Å². The number of amides is 1. The zero-order valence-corrected chi connectivity index (χ0v) is 15.6. The number of hydrogen-bond acceptors (Lipinski definition) is 5. The van der Waals surface area contributed by atoms with Gasteiger partial charge < -0.3 is 10.6 Å². The van der Waals surface area contributed by atoms with E-state index in [0.29, 0.717) is 12.4 Å². The molecule has 0 bridgehead atoms. The van der Waals surface area contributed by atoms with Crippen molar-refractivity contribution in [2.75, 3.05) is 12.3 Å². The SMILES string of the molecule is CC(=O)N1CCCC1Cn1cc2c(N)nc3cc(-c4ccn[nH]4)ccc3c2n1. The average Bonchev–Trinajstić information content (AvgIpc) is 3.42. The molecule has 1 fully saturated rings. The molecule has 1 aliphatic heterocycles. The van der Waals surface area contributed by atoms with Crippen molar-refractivity contribution < 1.29 is 4.79 Å². The Morgan fingerprint density at radius 3 is 3.00 bits per heavy atom. The topological polar surface area (TPSA) is 106 Å². The summed E-state index contributed by atoms with van der Waals surface area (Å²) >= 11 is 0. The second-order valence-corrected chi connectivity index (χ2v) is 7.32. The fraction of sp³-hybridized carbons (Fsp3) is 0.300. The number of carbonyl (C=O) groups is 1. The largest absolute Gasteiger partial charge is 0.383 e. The number of nitrogens with one attached hydrogen (secondary N) is 1. The third kappa shape index (κ3) is 2.69. The molecule has 8 heteroatoms. The van der Waals surface area contributed by atoms with Crippen LogP contribution in [0.1, 0.15) is 19.8 Å². The van der Waals surface area contributed by atoms with Gasteiger partial charge in [-0.3, -0.25) is 14.6 Å². The summed E-state index contributed by atoms with van der Waals surface area (Å²) in [5.41, 5.74) is 9.81. The van der Waals surface area contributed by atoms with E-state index in [-0.39, 0.29) is 11.9 Å². The number of H-pyrrole nitrogens is 1. The summed E-state index contributed by atoms with van der Waals surface area (Å²) < 4.78 is 1.90. The van der Waals surface area contributed by atoms with Crippen LogP contribution in [0, 0.1) is 0 Å². The van der Waals surface area contributed by atoms with Gasteiger partial charge in [0.15, 0.2) is 0 Å². The Bertz CT molecular complexity index is 1180. The highest BCUT2D eigenvalue weighted by Crippen LogP contribution is 2.30. The minimum Gasteiger partial charge on any atom is -0.383 e. The lowest BCUT2D eigenvalue weighted by Crippen LogP contribution is -2.36. The Balaban J connectivity index is 1.56. The van der Waals surface area contributed by atoms with Crippen LogP contribution in [0.3, 0.4) is 0 Å². The summed E-state index contributed by atoms with van der Waals surface area (Å²) in [5, 5.41) is 13.6. The molecule has 1 unspecified atom stereocenters. The lowest BCUT2D eigenvalue weighted by molar-refractivity contribution is -0.129. The monoisotopic (exact) mass is 375 g/mol. The molecule has 4 aromatic rings. The minimum absolute atomic E-state index is 0.122. The van der Waals surface area contributed by atoms with Gasteiger partial charge in [-0.1, -0.05) is 6.07 Å². The van der Waals surface area contributed by atoms with Crippen LogP contribution in [-0.2, 0) is 11.3 Å². The number of nitrogens with two attached hydrogens (primary N) is 1. The van der Waals surface area contributed by atoms with Crippen molar-refractivity contribution >= 4 is 33.5 Å². The molecule has 1 aromatic carbocycles. The van der Waals surface area contributed by atoms with Crippen LogP contribution in [-0.4, -0.2) is 48.4 Å². The van der Waals surface area contributed by atoms with Crippen molar-refractivity contribution in [1.29, 1.82) is 0 Å². The molecule has 142 valence electrons. The van der Waals surface area contributed by atoms with Gasteiger partial charge in [0.2, 0.25) is 5.91 Å². The van der Waals surface area contributed by atoms with E-state index in [4.69, 9.17) is 10.8 Å². The lowest BCUT2D eigenvalue weighted by Gasteiger charge is -2.23. The Kier molecular flexibility index (Phi) is 3.78. The number of carbonyl (C=O) groups excluding carboxylic acids is 1. The van der Waals surface area contributed by atoms with Crippen molar-refractivity contribution in [3.63, 3.8) is 0 Å². The number of likely N-dealkylation sites (tertiary alicyclic amines) is 1. The third-order valence-corrected chi connectivity index (χ3v) is 5.52. The Hall–Kier alpha value is -3.42. The molecule has 1 amide bonds. The van der Waals surface area contributed by atoms with Gasteiger partial charge in [0.1, 0.15) is 11.3 Å². The molecule has 5 rings (SSSR count). The average molecular weight is 375 g/mol. The molecule has 3 N–H and O–H groups in total. The zero-order chi connectivity index (χ0) is 19.3. The number of aromatic amines is 1. The molecule has 1 aliphatic rings. The predicted molar refractivity (Wildman–Crippen MR) is 107 cm³/mol. The highest BCUT2D eigenvalue weighted by atomic mass is 16.2. The Labute approximate surface area is 161 Å². The first kappa shape index (κ1) is 16.7. The summed E-state index contributed by atoms with van der Waals surface area (Å²) in [7, 11) is 0. The molecule has 4 heterocycles. The molecular formula is C20H21N7O. The highest BCUT2D eigenvalue weighted by Gasteiger charge is 2.27. The van der Waals surface area contributed by atoms with Crippen LogP contribution in [0.15, 0.2) is 36.7 Å². The van der Waals surface area contributed by atoms with Crippen LogP contribution >= 0.6 is 0 Å². The fourth-order valence-corrected chi connectivity index (χ4v) is 4.16. The van der Waals surface area contributed by atoms with Crippen LogP contribution in [0.4, 0.5) is 5.82 Å². The van der Waals surface area contributed by atoms with Gasteiger partial charge in [-0.25, -0.2) is 4.98 Å². The van der Waals surface area contributed by atoms with E-state index in [1.807, 2.05) is 40.0 Å². The molecule has 0 spiro atoms. The smallest absolute Gasteiger partial charge is 0.219 e. The number of nitrogens with zero attached hydrogens (tertiary/aromatic N) is 5. The first-order valence-corrected chi connectivity index (χ1v) is 9.43. The van der Waals surface area contributed by atoms with E-state index < -0.39 is 0 Å². The summed E-state index contributed by atoms with van der Waals surface area (Å²) in [4.78, 5) is 18.4. The first-order chi connectivity index (χ1) is 13.6. The van der Waals surface area contributed by atoms with Gasteiger partial charge in [0, 0.05) is 36.8 Å². The number of pyridine rings is 1. The van der Waals surface area contributed by atoms with Gasteiger partial charge in [-0.15, -0.1) is 0 Å². The van der Waals surface area contributed by atoms with Crippen molar-refractivity contribution in [2.24, 2.45) is 0 Å². The second kappa shape index (κ2) is 6.33. The maximum absolute atomic E-state index is 11.8. The number of rotatable bonds is 3. The molecule has 0 saturated carbocycles. The molecule has 28 heavy (non-hydrogen) atoms. The predicted octanol–water partition coefficient (Wildman–Crippen LogP) is 2.57. The van der Waals surface area contributed by atoms with Crippen molar-refractivity contribution in [3.8, 4) is 11.3 Å². The van der Waals surface area contributed by atoms with E-state index in [2.05, 4.69) is 15.2 Å². The maximum Gasteiger partial charge on any atom is 0.219 e. The van der Waals surface area contributed by atoms with Crippen molar-refractivity contribution in [1.82, 2.24) is 29.9 Å². The first-order valence-electron chi connectivity index (χ1n) is 9.43.